The van der Waals surface area contributed by atoms with Crippen LogP contribution in [0.15, 0.2) is 0 Å². The van der Waals surface area contributed by atoms with E-state index in [1.165, 1.54) is 25.8 Å². The van der Waals surface area contributed by atoms with Gasteiger partial charge in [0.05, 0.1) is 6.61 Å². The third-order valence-electron chi connectivity index (χ3n) is 4.42. The lowest BCUT2D eigenvalue weighted by Gasteiger charge is -2.30. The first kappa shape index (κ1) is 14.8. The fourth-order valence-corrected chi connectivity index (χ4v) is 3.16. The fourth-order valence-electron chi connectivity index (χ4n) is 3.16. The predicted molar refractivity (Wildman–Crippen MR) is 75.8 cm³/mol. The number of carbonyl (C=O) groups excluding carboxylic acids is 1. The van der Waals surface area contributed by atoms with E-state index >= 15 is 0 Å². The van der Waals surface area contributed by atoms with Crippen molar-refractivity contribution < 1.29 is 9.53 Å². The first-order valence-corrected chi connectivity index (χ1v) is 7.79. The van der Waals surface area contributed by atoms with Crippen LogP contribution in [0.5, 0.6) is 0 Å². The summed E-state index contributed by atoms with van der Waals surface area (Å²) in [6.45, 7) is 6.79. The minimum absolute atomic E-state index is 0.208. The number of nitrogens with two attached hydrogens (primary N) is 1. The second-order valence-electron chi connectivity index (χ2n) is 6.21. The summed E-state index contributed by atoms with van der Waals surface area (Å²) in [6, 6.07) is 0.468. The number of rotatable bonds is 7. The van der Waals surface area contributed by atoms with Crippen LogP contribution < -0.4 is 5.73 Å². The molecule has 0 amide bonds. The normalized spacial score (nSPS) is 30.8. The highest BCUT2D eigenvalue weighted by atomic mass is 16.5. The van der Waals surface area contributed by atoms with Gasteiger partial charge in [-0.1, -0.05) is 6.92 Å². The van der Waals surface area contributed by atoms with Gasteiger partial charge in [0.15, 0.2) is 0 Å². The average Bonchev–Trinajstić information content (AvgIpc) is 3.10. The molecule has 2 unspecified atom stereocenters. The maximum atomic E-state index is 12.0. The van der Waals surface area contributed by atoms with Crippen molar-refractivity contribution in [3.8, 4) is 0 Å². The number of hydrogen-bond acceptors (Lipinski definition) is 4. The number of hydrogen-bond donors (Lipinski definition) is 1. The van der Waals surface area contributed by atoms with Crippen LogP contribution in [0, 0.1) is 5.92 Å². The summed E-state index contributed by atoms with van der Waals surface area (Å²) >= 11 is 0. The molecule has 0 aromatic carbocycles. The van der Waals surface area contributed by atoms with Crippen molar-refractivity contribution in [3.63, 3.8) is 0 Å². The molecular weight excluding hydrogens is 240 g/mol. The Morgan fingerprint density at radius 1 is 1.37 bits per heavy atom. The summed E-state index contributed by atoms with van der Waals surface area (Å²) < 4.78 is 5.13. The Kier molecular flexibility index (Phi) is 4.85. The van der Waals surface area contributed by atoms with Crippen LogP contribution in [-0.2, 0) is 9.53 Å². The van der Waals surface area contributed by atoms with E-state index in [-0.39, 0.29) is 5.97 Å². The zero-order valence-corrected chi connectivity index (χ0v) is 12.4. The van der Waals surface area contributed by atoms with Gasteiger partial charge in [-0.05, 0) is 57.9 Å². The summed E-state index contributed by atoms with van der Waals surface area (Å²) in [5.41, 5.74) is 5.52. The Bertz CT molecular complexity index is 317. The highest BCUT2D eigenvalue weighted by Gasteiger charge is 2.45. The van der Waals surface area contributed by atoms with Crippen LogP contribution in [0.3, 0.4) is 0 Å². The van der Waals surface area contributed by atoms with E-state index in [2.05, 4.69) is 11.8 Å². The third-order valence-corrected chi connectivity index (χ3v) is 4.42. The number of esters is 1. The number of ether oxygens (including phenoxy) is 1. The summed E-state index contributed by atoms with van der Waals surface area (Å²) in [5, 5.41) is 0. The van der Waals surface area contributed by atoms with Crippen LogP contribution in [0.1, 0.15) is 52.4 Å². The zero-order chi connectivity index (χ0) is 13.9. The van der Waals surface area contributed by atoms with Crippen LogP contribution in [-0.4, -0.2) is 42.1 Å². The molecule has 0 spiro atoms. The Morgan fingerprint density at radius 2 is 2.11 bits per heavy atom. The molecule has 0 saturated heterocycles. The molecule has 2 aliphatic carbocycles. The van der Waals surface area contributed by atoms with Gasteiger partial charge >= 0.3 is 5.97 Å². The summed E-state index contributed by atoms with van der Waals surface area (Å²) in [5.74, 6) is 0.683. The maximum absolute atomic E-state index is 12.0. The van der Waals surface area contributed by atoms with E-state index in [4.69, 9.17) is 10.5 Å². The van der Waals surface area contributed by atoms with Crippen LogP contribution in [0.25, 0.3) is 0 Å². The minimum atomic E-state index is -0.740. The summed E-state index contributed by atoms with van der Waals surface area (Å²) in [6.07, 6.45) is 6.47. The van der Waals surface area contributed by atoms with Gasteiger partial charge in [0.25, 0.3) is 0 Å². The molecule has 4 heteroatoms. The second-order valence-corrected chi connectivity index (χ2v) is 6.21. The van der Waals surface area contributed by atoms with Gasteiger partial charge in [0.1, 0.15) is 5.54 Å². The van der Waals surface area contributed by atoms with Crippen molar-refractivity contribution in [1.82, 2.24) is 4.90 Å². The third kappa shape index (κ3) is 3.69. The topological polar surface area (TPSA) is 55.6 Å². The molecule has 2 N–H and O–H groups in total. The summed E-state index contributed by atoms with van der Waals surface area (Å²) in [4.78, 5) is 14.5. The highest BCUT2D eigenvalue weighted by Crippen LogP contribution is 2.36. The van der Waals surface area contributed by atoms with Crippen molar-refractivity contribution >= 4 is 5.97 Å². The first-order valence-electron chi connectivity index (χ1n) is 7.79. The molecule has 2 atom stereocenters. The zero-order valence-electron chi connectivity index (χ0n) is 12.4. The molecule has 0 bridgehead atoms. The van der Waals surface area contributed by atoms with Gasteiger partial charge in [-0.2, -0.15) is 0 Å². The Morgan fingerprint density at radius 3 is 2.68 bits per heavy atom. The smallest absolute Gasteiger partial charge is 0.326 e. The lowest BCUT2D eigenvalue weighted by Crippen LogP contribution is -2.48. The predicted octanol–water partition coefficient (Wildman–Crippen LogP) is 1.92. The molecule has 0 aromatic heterocycles. The molecule has 0 aromatic rings. The lowest BCUT2D eigenvalue weighted by molar-refractivity contribution is -0.149. The largest absolute Gasteiger partial charge is 0.465 e. The van der Waals surface area contributed by atoms with Crippen LogP contribution in [0.4, 0.5) is 0 Å². The highest BCUT2D eigenvalue weighted by molar-refractivity contribution is 5.81. The molecule has 0 radical (unpaired) electrons. The van der Waals surface area contributed by atoms with Gasteiger partial charge in [-0.25, -0.2) is 0 Å². The van der Waals surface area contributed by atoms with Crippen molar-refractivity contribution in [2.24, 2.45) is 11.7 Å². The molecule has 2 fully saturated rings. The molecule has 110 valence electrons. The van der Waals surface area contributed by atoms with E-state index in [0.29, 0.717) is 12.6 Å². The second kappa shape index (κ2) is 6.23. The van der Waals surface area contributed by atoms with Gasteiger partial charge in [-0.3, -0.25) is 4.79 Å². The van der Waals surface area contributed by atoms with Crippen LogP contribution >= 0.6 is 0 Å². The average molecular weight is 268 g/mol. The van der Waals surface area contributed by atoms with E-state index < -0.39 is 5.54 Å². The Labute approximate surface area is 116 Å². The first-order chi connectivity index (χ1) is 9.09. The Hall–Kier alpha value is -0.610. The quantitative estimate of drug-likeness (QED) is 0.717. The lowest BCUT2D eigenvalue weighted by atomic mass is 9.99. The molecular formula is C15H28N2O2. The summed E-state index contributed by atoms with van der Waals surface area (Å²) in [7, 11) is 0. The minimum Gasteiger partial charge on any atom is -0.465 e. The van der Waals surface area contributed by atoms with E-state index in [1.807, 2.05) is 6.92 Å². The van der Waals surface area contributed by atoms with Crippen molar-refractivity contribution in [3.05, 3.63) is 0 Å². The molecule has 4 nitrogen and oxygen atoms in total. The monoisotopic (exact) mass is 268 g/mol. The van der Waals surface area contributed by atoms with E-state index in [1.54, 1.807) is 0 Å². The van der Waals surface area contributed by atoms with Crippen LogP contribution in [0.2, 0.25) is 0 Å². The fraction of sp³-hybridized carbons (Fsp3) is 0.933. The van der Waals surface area contributed by atoms with Crippen molar-refractivity contribution in [1.29, 1.82) is 0 Å². The maximum Gasteiger partial charge on any atom is 0.326 e. The SMILES string of the molecule is CCCN(CC1CC1)C1CCC(N)(C(=O)OCC)C1. The molecule has 2 rings (SSSR count). The van der Waals surface area contributed by atoms with Gasteiger partial charge < -0.3 is 15.4 Å². The van der Waals surface area contributed by atoms with E-state index in [0.717, 1.165) is 31.7 Å². The molecule has 19 heavy (non-hydrogen) atoms. The van der Waals surface area contributed by atoms with E-state index in [9.17, 15) is 4.79 Å². The van der Waals surface area contributed by atoms with Crippen molar-refractivity contribution in [2.75, 3.05) is 19.7 Å². The van der Waals surface area contributed by atoms with Gasteiger partial charge in [0.2, 0.25) is 0 Å². The molecule has 0 aliphatic heterocycles. The molecule has 2 saturated carbocycles. The van der Waals surface area contributed by atoms with Gasteiger partial charge in [-0.15, -0.1) is 0 Å². The number of nitrogens with zero attached hydrogens (tertiary/aromatic N) is 1. The molecule has 2 aliphatic rings. The number of carbonyl (C=O) groups is 1. The van der Waals surface area contributed by atoms with Gasteiger partial charge in [0, 0.05) is 12.6 Å². The van der Waals surface area contributed by atoms with Crippen molar-refractivity contribution in [2.45, 2.75) is 64.0 Å². The Balaban J connectivity index is 1.92. The molecule has 0 heterocycles. The standard InChI is InChI=1S/C15H28N2O2/c1-3-9-17(11-12-5-6-12)13-7-8-15(16,10-13)14(18)19-4-2/h12-13H,3-11,16H2,1-2H3.